The third kappa shape index (κ3) is 6.77. The predicted molar refractivity (Wildman–Crippen MR) is 98.7 cm³/mol. The van der Waals surface area contributed by atoms with Gasteiger partial charge in [0.15, 0.2) is 0 Å². The van der Waals surface area contributed by atoms with Crippen molar-refractivity contribution < 1.29 is 14.3 Å². The van der Waals surface area contributed by atoms with Gasteiger partial charge in [0.25, 0.3) is 5.91 Å². The first kappa shape index (κ1) is 18.7. The molecule has 2 amide bonds. The Morgan fingerprint density at radius 2 is 1.84 bits per heavy atom. The van der Waals surface area contributed by atoms with Crippen LogP contribution in [0.1, 0.15) is 28.8 Å². The molecule has 132 valence electrons. The molecule has 0 heterocycles. The topological polar surface area (TPSA) is 67.4 Å². The molecule has 0 aliphatic carbocycles. The molecule has 0 spiro atoms. The van der Waals surface area contributed by atoms with Crippen molar-refractivity contribution in [2.45, 2.75) is 19.3 Å². The van der Waals surface area contributed by atoms with Gasteiger partial charge in [0.1, 0.15) is 0 Å². The summed E-state index contributed by atoms with van der Waals surface area (Å²) >= 11 is 0. The van der Waals surface area contributed by atoms with E-state index in [1.165, 1.54) is 5.56 Å². The molecular weight excluding hydrogens is 316 g/mol. The lowest BCUT2D eigenvalue weighted by molar-refractivity contribution is -0.116. The summed E-state index contributed by atoms with van der Waals surface area (Å²) in [4.78, 5) is 24.1. The fourth-order valence-electron chi connectivity index (χ4n) is 2.43. The van der Waals surface area contributed by atoms with Crippen LogP contribution in [0.4, 0.5) is 5.69 Å². The average molecular weight is 340 g/mol. The lowest BCUT2D eigenvalue weighted by atomic mass is 10.1. The van der Waals surface area contributed by atoms with E-state index in [0.29, 0.717) is 30.8 Å². The van der Waals surface area contributed by atoms with E-state index in [-0.39, 0.29) is 11.8 Å². The van der Waals surface area contributed by atoms with Crippen molar-refractivity contribution in [3.63, 3.8) is 0 Å². The maximum atomic E-state index is 12.1. The fraction of sp³-hybridized carbons (Fsp3) is 0.300. The van der Waals surface area contributed by atoms with Gasteiger partial charge in [-0.3, -0.25) is 9.59 Å². The molecule has 0 saturated carbocycles. The van der Waals surface area contributed by atoms with Crippen LogP contribution in [0.2, 0.25) is 0 Å². The Bertz CT molecular complexity index is 686. The van der Waals surface area contributed by atoms with Crippen LogP contribution in [0, 0.1) is 0 Å². The summed E-state index contributed by atoms with van der Waals surface area (Å²) in [5, 5.41) is 5.60. The van der Waals surface area contributed by atoms with Crippen molar-refractivity contribution in [1.82, 2.24) is 5.32 Å². The Labute approximate surface area is 148 Å². The highest BCUT2D eigenvalue weighted by atomic mass is 16.5. The summed E-state index contributed by atoms with van der Waals surface area (Å²) in [6.07, 6.45) is 2.10. The normalized spacial score (nSPS) is 10.3. The van der Waals surface area contributed by atoms with Crippen molar-refractivity contribution in [1.29, 1.82) is 0 Å². The molecular formula is C20H24N2O3. The Balaban J connectivity index is 1.80. The molecule has 0 aliphatic rings. The third-order valence-electron chi connectivity index (χ3n) is 3.71. The highest BCUT2D eigenvalue weighted by molar-refractivity contribution is 5.97. The first-order valence-electron chi connectivity index (χ1n) is 8.40. The van der Waals surface area contributed by atoms with Crippen LogP contribution in [-0.2, 0) is 16.0 Å². The minimum absolute atomic E-state index is 0.0483. The molecule has 0 atom stereocenters. The largest absolute Gasteiger partial charge is 0.383 e. The summed E-state index contributed by atoms with van der Waals surface area (Å²) in [7, 11) is 1.58. The molecule has 0 saturated heterocycles. The second-order valence-corrected chi connectivity index (χ2v) is 5.72. The summed E-state index contributed by atoms with van der Waals surface area (Å²) in [5.74, 6) is -0.231. The number of amides is 2. The zero-order chi connectivity index (χ0) is 17.9. The number of anilines is 1. The molecule has 0 unspecified atom stereocenters. The Morgan fingerprint density at radius 3 is 2.60 bits per heavy atom. The van der Waals surface area contributed by atoms with E-state index in [2.05, 4.69) is 22.8 Å². The van der Waals surface area contributed by atoms with E-state index in [4.69, 9.17) is 4.74 Å². The van der Waals surface area contributed by atoms with Gasteiger partial charge in [0.2, 0.25) is 5.91 Å². The second-order valence-electron chi connectivity index (χ2n) is 5.72. The minimum Gasteiger partial charge on any atom is -0.383 e. The van der Waals surface area contributed by atoms with E-state index in [0.717, 1.165) is 12.8 Å². The smallest absolute Gasteiger partial charge is 0.251 e. The van der Waals surface area contributed by atoms with Crippen LogP contribution >= 0.6 is 0 Å². The number of hydrogen-bond acceptors (Lipinski definition) is 3. The Hall–Kier alpha value is -2.66. The third-order valence-corrected chi connectivity index (χ3v) is 3.71. The predicted octanol–water partition coefficient (Wildman–Crippen LogP) is 3.02. The number of carbonyl (C=O) groups excluding carboxylic acids is 2. The van der Waals surface area contributed by atoms with Crippen LogP contribution in [0.25, 0.3) is 0 Å². The van der Waals surface area contributed by atoms with Crippen LogP contribution < -0.4 is 10.6 Å². The van der Waals surface area contributed by atoms with Gasteiger partial charge in [0, 0.05) is 31.3 Å². The van der Waals surface area contributed by atoms with E-state index < -0.39 is 0 Å². The van der Waals surface area contributed by atoms with Gasteiger partial charge < -0.3 is 15.4 Å². The van der Waals surface area contributed by atoms with Gasteiger partial charge in [-0.2, -0.15) is 0 Å². The monoisotopic (exact) mass is 340 g/mol. The van der Waals surface area contributed by atoms with Crippen molar-refractivity contribution in [2.24, 2.45) is 0 Å². The molecule has 0 aromatic heterocycles. The van der Waals surface area contributed by atoms with Gasteiger partial charge in [-0.05, 0) is 36.6 Å². The van der Waals surface area contributed by atoms with Crippen molar-refractivity contribution in [2.75, 3.05) is 25.6 Å². The van der Waals surface area contributed by atoms with Crippen LogP contribution in [0.5, 0.6) is 0 Å². The first-order valence-corrected chi connectivity index (χ1v) is 8.40. The molecule has 0 fully saturated rings. The molecule has 2 rings (SSSR count). The van der Waals surface area contributed by atoms with E-state index in [9.17, 15) is 9.59 Å². The van der Waals surface area contributed by atoms with Crippen molar-refractivity contribution in [3.05, 3.63) is 65.7 Å². The van der Waals surface area contributed by atoms with Gasteiger partial charge in [-0.1, -0.05) is 36.4 Å². The lowest BCUT2D eigenvalue weighted by Crippen LogP contribution is -2.27. The maximum Gasteiger partial charge on any atom is 0.251 e. The van der Waals surface area contributed by atoms with E-state index in [1.54, 1.807) is 31.4 Å². The number of carbonyl (C=O) groups is 2. The number of ether oxygens (including phenoxy) is 1. The number of methoxy groups -OCH3 is 1. The fourth-order valence-corrected chi connectivity index (χ4v) is 2.43. The number of benzene rings is 2. The molecule has 5 nitrogen and oxygen atoms in total. The Morgan fingerprint density at radius 1 is 1.04 bits per heavy atom. The number of nitrogens with one attached hydrogen (secondary N) is 2. The van der Waals surface area contributed by atoms with Crippen LogP contribution in [-0.4, -0.2) is 32.1 Å². The molecule has 25 heavy (non-hydrogen) atoms. The highest BCUT2D eigenvalue weighted by Gasteiger charge is 2.07. The van der Waals surface area contributed by atoms with Gasteiger partial charge in [0.05, 0.1) is 6.61 Å². The summed E-state index contributed by atoms with van der Waals surface area (Å²) < 4.78 is 4.90. The van der Waals surface area contributed by atoms with Crippen molar-refractivity contribution >= 4 is 17.5 Å². The summed E-state index contributed by atoms with van der Waals surface area (Å²) in [6.45, 7) is 0.912. The zero-order valence-electron chi connectivity index (χ0n) is 14.5. The standard InChI is InChI=1S/C20H24N2O3/c1-25-14-13-21-20(24)17-10-6-11-18(15-17)22-19(23)12-5-9-16-7-3-2-4-8-16/h2-4,6-8,10-11,15H,5,9,12-14H2,1H3,(H,21,24)(H,22,23). The molecule has 2 aromatic carbocycles. The molecule has 2 aromatic rings. The highest BCUT2D eigenvalue weighted by Crippen LogP contribution is 2.12. The van der Waals surface area contributed by atoms with E-state index in [1.807, 2.05) is 18.2 Å². The minimum atomic E-state index is -0.183. The molecule has 2 N–H and O–H groups in total. The zero-order valence-corrected chi connectivity index (χ0v) is 14.5. The first-order chi connectivity index (χ1) is 12.2. The Kier molecular flexibility index (Phi) is 7.66. The quantitative estimate of drug-likeness (QED) is 0.690. The molecule has 0 radical (unpaired) electrons. The summed E-state index contributed by atoms with van der Waals surface area (Å²) in [6, 6.07) is 17.0. The lowest BCUT2D eigenvalue weighted by Gasteiger charge is -2.08. The second kappa shape index (κ2) is 10.3. The van der Waals surface area contributed by atoms with E-state index >= 15 is 0 Å². The van der Waals surface area contributed by atoms with Gasteiger partial charge in [-0.25, -0.2) is 0 Å². The maximum absolute atomic E-state index is 12.1. The molecule has 0 bridgehead atoms. The average Bonchev–Trinajstić information content (AvgIpc) is 2.63. The number of rotatable bonds is 9. The van der Waals surface area contributed by atoms with Crippen molar-refractivity contribution in [3.8, 4) is 0 Å². The SMILES string of the molecule is COCCNC(=O)c1cccc(NC(=O)CCCc2ccccc2)c1. The van der Waals surface area contributed by atoms with Crippen LogP contribution in [0.15, 0.2) is 54.6 Å². The van der Waals surface area contributed by atoms with Gasteiger partial charge in [-0.15, -0.1) is 0 Å². The van der Waals surface area contributed by atoms with Gasteiger partial charge >= 0.3 is 0 Å². The number of hydrogen-bond donors (Lipinski definition) is 2. The number of aryl methyl sites for hydroxylation is 1. The summed E-state index contributed by atoms with van der Waals surface area (Å²) in [5.41, 5.74) is 2.37. The molecule has 5 heteroatoms. The molecule has 0 aliphatic heterocycles. The van der Waals surface area contributed by atoms with Crippen LogP contribution in [0.3, 0.4) is 0 Å².